The lowest BCUT2D eigenvalue weighted by Gasteiger charge is -2.13. The van der Waals surface area contributed by atoms with Crippen LogP contribution in [0.1, 0.15) is 6.92 Å². The Labute approximate surface area is 115 Å². The minimum atomic E-state index is -3.41. The summed E-state index contributed by atoms with van der Waals surface area (Å²) in [6, 6.07) is 7.98. The van der Waals surface area contributed by atoms with Crippen molar-refractivity contribution >= 4 is 37.0 Å². The number of hydrogen-bond acceptors (Lipinski definition) is 3. The number of benzene rings is 1. The smallest absolute Gasteiger partial charge is 0.264 e. The number of nitrogens with zero attached hydrogens (tertiary/aromatic N) is 1. The fraction of sp³-hybridized carbons (Fsp3) is 0.333. The van der Waals surface area contributed by atoms with Gasteiger partial charge in [-0.2, -0.15) is 8.42 Å². The standard InChI is InChI=1S/C12H14BrNO3S/c1-9(17-18(2,15)16)8-14-6-5-10-3-4-11(13)7-12(10)14/h3-7,9H,8H2,1-2H3. The molecule has 6 heteroatoms. The average Bonchev–Trinajstić information content (AvgIpc) is 2.58. The molecule has 98 valence electrons. The van der Waals surface area contributed by atoms with E-state index in [2.05, 4.69) is 15.9 Å². The largest absolute Gasteiger partial charge is 0.345 e. The van der Waals surface area contributed by atoms with Gasteiger partial charge in [-0.15, -0.1) is 0 Å². The maximum absolute atomic E-state index is 11.0. The number of aromatic nitrogens is 1. The lowest BCUT2D eigenvalue weighted by atomic mass is 10.2. The maximum Gasteiger partial charge on any atom is 0.264 e. The molecule has 2 rings (SSSR count). The monoisotopic (exact) mass is 331 g/mol. The Hall–Kier alpha value is -0.850. The molecular weight excluding hydrogens is 318 g/mol. The molecule has 1 atom stereocenters. The van der Waals surface area contributed by atoms with Gasteiger partial charge in [0, 0.05) is 16.2 Å². The van der Waals surface area contributed by atoms with Gasteiger partial charge in [0.2, 0.25) is 0 Å². The first kappa shape index (κ1) is 13.6. The van der Waals surface area contributed by atoms with E-state index in [1.54, 1.807) is 6.92 Å². The molecule has 0 fully saturated rings. The topological polar surface area (TPSA) is 48.3 Å². The van der Waals surface area contributed by atoms with Gasteiger partial charge in [0.05, 0.1) is 18.9 Å². The molecule has 1 aromatic carbocycles. The molecule has 0 spiro atoms. The Morgan fingerprint density at radius 1 is 1.39 bits per heavy atom. The molecule has 4 nitrogen and oxygen atoms in total. The van der Waals surface area contributed by atoms with E-state index in [0.29, 0.717) is 6.54 Å². The molecule has 0 aliphatic rings. The minimum Gasteiger partial charge on any atom is -0.345 e. The van der Waals surface area contributed by atoms with Gasteiger partial charge in [0.25, 0.3) is 10.1 Å². The van der Waals surface area contributed by atoms with Crippen molar-refractivity contribution in [1.29, 1.82) is 0 Å². The van der Waals surface area contributed by atoms with E-state index in [-0.39, 0.29) is 0 Å². The molecule has 0 amide bonds. The number of rotatable bonds is 4. The van der Waals surface area contributed by atoms with Crippen molar-refractivity contribution in [2.75, 3.05) is 6.26 Å². The van der Waals surface area contributed by atoms with Gasteiger partial charge in [-0.25, -0.2) is 0 Å². The molecule has 2 aromatic rings. The Morgan fingerprint density at radius 3 is 2.78 bits per heavy atom. The van der Waals surface area contributed by atoms with E-state index in [9.17, 15) is 8.42 Å². The Morgan fingerprint density at radius 2 is 2.11 bits per heavy atom. The molecule has 1 heterocycles. The third-order valence-corrected chi connectivity index (χ3v) is 3.70. The summed E-state index contributed by atoms with van der Waals surface area (Å²) in [4.78, 5) is 0. The second kappa shape index (κ2) is 5.03. The fourth-order valence-electron chi connectivity index (χ4n) is 1.92. The molecular formula is C12H14BrNO3S. The van der Waals surface area contributed by atoms with Gasteiger partial charge in [-0.1, -0.05) is 22.0 Å². The normalized spacial score (nSPS) is 13.9. The summed E-state index contributed by atoms with van der Waals surface area (Å²) in [5.74, 6) is 0. The van der Waals surface area contributed by atoms with Crippen LogP contribution in [-0.4, -0.2) is 25.3 Å². The molecule has 0 bridgehead atoms. The zero-order valence-corrected chi connectivity index (χ0v) is 12.5. The first-order valence-electron chi connectivity index (χ1n) is 5.48. The van der Waals surface area contributed by atoms with Crippen molar-refractivity contribution in [3.05, 3.63) is 34.9 Å². The van der Waals surface area contributed by atoms with Gasteiger partial charge in [0.1, 0.15) is 0 Å². The quantitative estimate of drug-likeness (QED) is 0.809. The highest BCUT2D eigenvalue weighted by molar-refractivity contribution is 9.10. The van der Waals surface area contributed by atoms with Crippen molar-refractivity contribution < 1.29 is 12.6 Å². The van der Waals surface area contributed by atoms with Gasteiger partial charge in [0.15, 0.2) is 0 Å². The first-order chi connectivity index (χ1) is 8.35. The van der Waals surface area contributed by atoms with Crippen LogP contribution in [0, 0.1) is 0 Å². The molecule has 1 aromatic heterocycles. The van der Waals surface area contributed by atoms with Crippen molar-refractivity contribution in [1.82, 2.24) is 4.57 Å². The lowest BCUT2D eigenvalue weighted by molar-refractivity contribution is 0.211. The molecule has 1 unspecified atom stereocenters. The van der Waals surface area contributed by atoms with E-state index in [4.69, 9.17) is 4.18 Å². The van der Waals surface area contributed by atoms with E-state index in [1.165, 1.54) is 0 Å². The summed E-state index contributed by atoms with van der Waals surface area (Å²) in [5.41, 5.74) is 1.05. The predicted octanol–water partition coefficient (Wildman–Crippen LogP) is 2.77. The van der Waals surface area contributed by atoms with Crippen LogP contribution in [0.4, 0.5) is 0 Å². The Bertz CT molecular complexity index is 663. The highest BCUT2D eigenvalue weighted by Crippen LogP contribution is 2.21. The summed E-state index contributed by atoms with van der Waals surface area (Å²) in [6.45, 7) is 2.23. The van der Waals surface area contributed by atoms with E-state index < -0.39 is 16.2 Å². The molecule has 0 radical (unpaired) electrons. The van der Waals surface area contributed by atoms with Crippen LogP contribution < -0.4 is 0 Å². The van der Waals surface area contributed by atoms with Crippen molar-refractivity contribution in [3.8, 4) is 0 Å². The molecule has 0 saturated heterocycles. The van der Waals surface area contributed by atoms with Gasteiger partial charge in [-0.3, -0.25) is 4.18 Å². The lowest BCUT2D eigenvalue weighted by Crippen LogP contribution is -2.19. The number of hydrogen-bond donors (Lipinski definition) is 0. The molecule has 0 N–H and O–H groups in total. The van der Waals surface area contributed by atoms with E-state index in [0.717, 1.165) is 21.6 Å². The molecule has 0 saturated carbocycles. The molecule has 0 aliphatic heterocycles. The summed E-state index contributed by atoms with van der Waals surface area (Å²) < 4.78 is 30.0. The zero-order chi connectivity index (χ0) is 13.3. The summed E-state index contributed by atoms with van der Waals surface area (Å²) in [6.07, 6.45) is 2.60. The highest BCUT2D eigenvalue weighted by Gasteiger charge is 2.12. The molecule has 18 heavy (non-hydrogen) atoms. The van der Waals surface area contributed by atoms with Crippen LogP contribution in [0.25, 0.3) is 10.9 Å². The van der Waals surface area contributed by atoms with E-state index >= 15 is 0 Å². The zero-order valence-electron chi connectivity index (χ0n) is 10.1. The van der Waals surface area contributed by atoms with Crippen LogP contribution in [-0.2, 0) is 20.8 Å². The van der Waals surface area contributed by atoms with E-state index in [1.807, 2.05) is 35.0 Å². The fourth-order valence-corrected chi connectivity index (χ4v) is 2.93. The van der Waals surface area contributed by atoms with Crippen molar-refractivity contribution in [2.24, 2.45) is 0 Å². The van der Waals surface area contributed by atoms with Crippen molar-refractivity contribution in [2.45, 2.75) is 19.6 Å². The van der Waals surface area contributed by atoms with Crippen LogP contribution >= 0.6 is 15.9 Å². The average molecular weight is 332 g/mol. The van der Waals surface area contributed by atoms with Gasteiger partial charge < -0.3 is 4.57 Å². The Kier molecular flexibility index (Phi) is 3.79. The second-order valence-electron chi connectivity index (χ2n) is 4.28. The summed E-state index contributed by atoms with van der Waals surface area (Å²) in [5, 5.41) is 1.12. The van der Waals surface area contributed by atoms with Crippen LogP contribution in [0.5, 0.6) is 0 Å². The highest BCUT2D eigenvalue weighted by atomic mass is 79.9. The van der Waals surface area contributed by atoms with Crippen LogP contribution in [0.15, 0.2) is 34.9 Å². The third kappa shape index (κ3) is 3.34. The SMILES string of the molecule is CC(Cn1ccc2ccc(Br)cc21)OS(C)(=O)=O. The van der Waals surface area contributed by atoms with Gasteiger partial charge >= 0.3 is 0 Å². The number of fused-ring (bicyclic) bond motifs is 1. The summed E-state index contributed by atoms with van der Waals surface area (Å²) in [7, 11) is -3.41. The second-order valence-corrected chi connectivity index (χ2v) is 6.80. The van der Waals surface area contributed by atoms with Gasteiger partial charge in [-0.05, 0) is 30.5 Å². The Balaban J connectivity index is 2.24. The number of halogens is 1. The van der Waals surface area contributed by atoms with Crippen molar-refractivity contribution in [3.63, 3.8) is 0 Å². The van der Waals surface area contributed by atoms with Crippen LogP contribution in [0.2, 0.25) is 0 Å². The van der Waals surface area contributed by atoms with Crippen LogP contribution in [0.3, 0.4) is 0 Å². The maximum atomic E-state index is 11.0. The summed E-state index contributed by atoms with van der Waals surface area (Å²) >= 11 is 3.43. The molecule has 0 aliphatic carbocycles. The minimum absolute atomic E-state index is 0.394. The predicted molar refractivity (Wildman–Crippen MR) is 75.0 cm³/mol. The third-order valence-electron chi connectivity index (χ3n) is 2.53. The first-order valence-corrected chi connectivity index (χ1v) is 8.09.